The second-order valence-corrected chi connectivity index (χ2v) is 6.03. The maximum atomic E-state index is 11.7. The van der Waals surface area contributed by atoms with Crippen LogP contribution in [-0.4, -0.2) is 32.8 Å². The molecule has 0 bridgehead atoms. The molecule has 0 aliphatic heterocycles. The van der Waals surface area contributed by atoms with Crippen molar-refractivity contribution in [3.63, 3.8) is 0 Å². The summed E-state index contributed by atoms with van der Waals surface area (Å²) in [6.07, 6.45) is 0. The third-order valence-corrected chi connectivity index (χ3v) is 3.86. The van der Waals surface area contributed by atoms with E-state index in [0.717, 1.165) is 5.75 Å². The van der Waals surface area contributed by atoms with Gasteiger partial charge in [-0.1, -0.05) is 11.6 Å². The number of carbonyl (C=O) groups is 1. The SMILES string of the molecule is COc1ccc(OCCNC(=O)COc2ccc(Cl)cc2Br)cc1. The first-order valence-corrected chi connectivity index (χ1v) is 8.37. The van der Waals surface area contributed by atoms with Crippen LogP contribution in [0.2, 0.25) is 5.02 Å². The van der Waals surface area contributed by atoms with Crippen LogP contribution in [0.1, 0.15) is 0 Å². The van der Waals surface area contributed by atoms with Crippen LogP contribution in [0, 0.1) is 0 Å². The summed E-state index contributed by atoms with van der Waals surface area (Å²) in [4.78, 5) is 11.7. The Morgan fingerprint density at radius 2 is 1.83 bits per heavy atom. The molecule has 2 rings (SSSR count). The number of halogens is 2. The molecule has 0 aromatic heterocycles. The number of hydrogen-bond acceptors (Lipinski definition) is 4. The molecule has 0 heterocycles. The third-order valence-electron chi connectivity index (χ3n) is 3.01. The highest BCUT2D eigenvalue weighted by molar-refractivity contribution is 9.10. The van der Waals surface area contributed by atoms with Gasteiger partial charge in [0, 0.05) is 5.02 Å². The van der Waals surface area contributed by atoms with Gasteiger partial charge in [0.15, 0.2) is 6.61 Å². The zero-order valence-corrected chi connectivity index (χ0v) is 15.4. The maximum absolute atomic E-state index is 11.7. The summed E-state index contributed by atoms with van der Waals surface area (Å²) in [5.74, 6) is 1.81. The first-order valence-electron chi connectivity index (χ1n) is 7.20. The summed E-state index contributed by atoms with van der Waals surface area (Å²) < 4.78 is 16.7. The van der Waals surface area contributed by atoms with Crippen LogP contribution in [0.25, 0.3) is 0 Å². The van der Waals surface area contributed by atoms with E-state index in [4.69, 9.17) is 25.8 Å². The number of hydrogen-bond donors (Lipinski definition) is 1. The molecule has 7 heteroatoms. The van der Waals surface area contributed by atoms with Gasteiger partial charge in [-0.25, -0.2) is 0 Å². The molecule has 128 valence electrons. The van der Waals surface area contributed by atoms with Gasteiger partial charge in [-0.3, -0.25) is 4.79 Å². The number of amides is 1. The lowest BCUT2D eigenvalue weighted by atomic mass is 10.3. The Bertz CT molecular complexity index is 679. The second-order valence-electron chi connectivity index (χ2n) is 4.74. The lowest BCUT2D eigenvalue weighted by molar-refractivity contribution is -0.123. The van der Waals surface area contributed by atoms with E-state index in [1.807, 2.05) is 24.3 Å². The summed E-state index contributed by atoms with van der Waals surface area (Å²) in [7, 11) is 1.61. The van der Waals surface area contributed by atoms with Gasteiger partial charge in [0.2, 0.25) is 0 Å². The standard InChI is InChI=1S/C17H17BrClNO4/c1-22-13-3-5-14(6-4-13)23-9-8-20-17(21)11-24-16-7-2-12(19)10-15(16)18/h2-7,10H,8-9,11H2,1H3,(H,20,21). The predicted molar refractivity (Wildman–Crippen MR) is 96.1 cm³/mol. The average Bonchev–Trinajstić information content (AvgIpc) is 2.58. The van der Waals surface area contributed by atoms with Gasteiger partial charge in [-0.2, -0.15) is 0 Å². The van der Waals surface area contributed by atoms with Crippen molar-refractivity contribution in [2.45, 2.75) is 0 Å². The van der Waals surface area contributed by atoms with Crippen LogP contribution in [0.4, 0.5) is 0 Å². The topological polar surface area (TPSA) is 56.8 Å². The highest BCUT2D eigenvalue weighted by Crippen LogP contribution is 2.27. The van der Waals surface area contributed by atoms with Crippen molar-refractivity contribution >= 4 is 33.4 Å². The fraction of sp³-hybridized carbons (Fsp3) is 0.235. The Kier molecular flexibility index (Phi) is 7.21. The fourth-order valence-electron chi connectivity index (χ4n) is 1.82. The lowest BCUT2D eigenvalue weighted by Crippen LogP contribution is -2.32. The molecule has 24 heavy (non-hydrogen) atoms. The molecule has 2 aromatic rings. The smallest absolute Gasteiger partial charge is 0.258 e. The van der Waals surface area contributed by atoms with Crippen molar-refractivity contribution < 1.29 is 19.0 Å². The van der Waals surface area contributed by atoms with Gasteiger partial charge in [-0.05, 0) is 58.4 Å². The Morgan fingerprint density at radius 1 is 1.12 bits per heavy atom. The third kappa shape index (κ3) is 5.94. The molecular weight excluding hydrogens is 398 g/mol. The minimum Gasteiger partial charge on any atom is -0.497 e. The second kappa shape index (κ2) is 9.39. The molecule has 0 atom stereocenters. The van der Waals surface area contributed by atoms with Gasteiger partial charge < -0.3 is 19.5 Å². The Morgan fingerprint density at radius 3 is 2.50 bits per heavy atom. The van der Waals surface area contributed by atoms with Crippen LogP contribution in [-0.2, 0) is 4.79 Å². The summed E-state index contributed by atoms with van der Waals surface area (Å²) in [6, 6.07) is 12.3. The molecule has 0 saturated heterocycles. The number of nitrogens with one attached hydrogen (secondary N) is 1. The largest absolute Gasteiger partial charge is 0.497 e. The molecule has 2 aromatic carbocycles. The first-order chi connectivity index (χ1) is 11.6. The average molecular weight is 415 g/mol. The first kappa shape index (κ1) is 18.4. The zero-order chi connectivity index (χ0) is 17.4. The van der Waals surface area contributed by atoms with Crippen molar-refractivity contribution in [1.29, 1.82) is 0 Å². The van der Waals surface area contributed by atoms with Crippen molar-refractivity contribution in [2.24, 2.45) is 0 Å². The van der Waals surface area contributed by atoms with Crippen molar-refractivity contribution in [2.75, 3.05) is 26.9 Å². The highest BCUT2D eigenvalue weighted by atomic mass is 79.9. The van der Waals surface area contributed by atoms with Gasteiger partial charge in [0.25, 0.3) is 5.91 Å². The van der Waals surface area contributed by atoms with E-state index in [9.17, 15) is 4.79 Å². The molecule has 0 unspecified atom stereocenters. The molecule has 0 saturated carbocycles. The van der Waals surface area contributed by atoms with Gasteiger partial charge in [-0.15, -0.1) is 0 Å². The van der Waals surface area contributed by atoms with E-state index in [-0.39, 0.29) is 12.5 Å². The van der Waals surface area contributed by atoms with E-state index < -0.39 is 0 Å². The molecule has 1 N–H and O–H groups in total. The molecule has 0 aliphatic carbocycles. The van der Waals surface area contributed by atoms with Gasteiger partial charge in [0.05, 0.1) is 18.1 Å². The predicted octanol–water partition coefficient (Wildman–Crippen LogP) is 3.69. The Hall–Kier alpha value is -1.92. The molecule has 0 spiro atoms. The molecule has 5 nitrogen and oxygen atoms in total. The summed E-state index contributed by atoms with van der Waals surface area (Å²) in [6.45, 7) is 0.668. The summed E-state index contributed by atoms with van der Waals surface area (Å²) in [5, 5.41) is 3.31. The summed E-state index contributed by atoms with van der Waals surface area (Å²) in [5.41, 5.74) is 0. The summed E-state index contributed by atoms with van der Waals surface area (Å²) >= 11 is 9.17. The molecule has 1 amide bonds. The van der Waals surface area contributed by atoms with E-state index in [1.165, 1.54) is 0 Å². The van der Waals surface area contributed by atoms with Crippen molar-refractivity contribution in [1.82, 2.24) is 5.32 Å². The maximum Gasteiger partial charge on any atom is 0.258 e. The van der Waals surface area contributed by atoms with Crippen LogP contribution in [0.5, 0.6) is 17.2 Å². The number of rotatable bonds is 8. The van der Waals surface area contributed by atoms with Gasteiger partial charge >= 0.3 is 0 Å². The van der Waals surface area contributed by atoms with Crippen LogP contribution in [0.3, 0.4) is 0 Å². The van der Waals surface area contributed by atoms with Crippen molar-refractivity contribution in [3.05, 3.63) is 52.0 Å². The van der Waals surface area contributed by atoms with E-state index in [1.54, 1.807) is 25.3 Å². The zero-order valence-electron chi connectivity index (χ0n) is 13.1. The number of carbonyl (C=O) groups excluding carboxylic acids is 1. The van der Waals surface area contributed by atoms with E-state index in [0.29, 0.717) is 34.1 Å². The van der Waals surface area contributed by atoms with Crippen LogP contribution < -0.4 is 19.5 Å². The quantitative estimate of drug-likeness (QED) is 0.670. The minimum atomic E-state index is -0.227. The van der Waals surface area contributed by atoms with E-state index in [2.05, 4.69) is 21.2 Å². The lowest BCUT2D eigenvalue weighted by Gasteiger charge is -2.10. The minimum absolute atomic E-state index is 0.0806. The van der Waals surface area contributed by atoms with Crippen LogP contribution >= 0.6 is 27.5 Å². The monoisotopic (exact) mass is 413 g/mol. The molecule has 0 radical (unpaired) electrons. The number of methoxy groups -OCH3 is 1. The molecule has 0 fully saturated rings. The van der Waals surface area contributed by atoms with Crippen LogP contribution in [0.15, 0.2) is 46.9 Å². The number of ether oxygens (including phenoxy) is 3. The normalized spacial score (nSPS) is 10.1. The molecular formula is C17H17BrClNO4. The van der Waals surface area contributed by atoms with Crippen molar-refractivity contribution in [3.8, 4) is 17.2 Å². The highest BCUT2D eigenvalue weighted by Gasteiger charge is 2.06. The van der Waals surface area contributed by atoms with Gasteiger partial charge in [0.1, 0.15) is 23.9 Å². The fourth-order valence-corrected chi connectivity index (χ4v) is 2.62. The Labute approximate surface area is 154 Å². The molecule has 0 aliphatic rings. The van der Waals surface area contributed by atoms with E-state index >= 15 is 0 Å². The number of benzene rings is 2. The Balaban J connectivity index is 1.65.